The van der Waals surface area contributed by atoms with Crippen LogP contribution >= 0.6 is 11.8 Å². The van der Waals surface area contributed by atoms with Crippen LogP contribution in [0.25, 0.3) is 11.5 Å². The van der Waals surface area contributed by atoms with Gasteiger partial charge in [-0.25, -0.2) is 0 Å². The van der Waals surface area contributed by atoms with Crippen LogP contribution in [0.2, 0.25) is 0 Å². The van der Waals surface area contributed by atoms with Crippen LogP contribution in [0.5, 0.6) is 5.75 Å². The molecule has 0 saturated heterocycles. The summed E-state index contributed by atoms with van der Waals surface area (Å²) in [6, 6.07) is 17.9. The molecule has 0 fully saturated rings. The number of benzene rings is 2. The van der Waals surface area contributed by atoms with Gasteiger partial charge < -0.3 is 9.26 Å². The second-order valence-corrected chi connectivity index (χ2v) is 5.71. The van der Waals surface area contributed by atoms with E-state index in [-0.39, 0.29) is 0 Å². The van der Waals surface area contributed by atoms with Crippen LogP contribution in [0.1, 0.15) is 11.4 Å². The van der Waals surface area contributed by atoms with Crippen molar-refractivity contribution in [3.63, 3.8) is 0 Å². The van der Waals surface area contributed by atoms with Crippen LogP contribution in [0.4, 0.5) is 0 Å². The van der Waals surface area contributed by atoms with Gasteiger partial charge in [-0.05, 0) is 29.8 Å². The summed E-state index contributed by atoms with van der Waals surface area (Å²) in [5.74, 6) is 3.73. The molecule has 0 N–H and O–H groups in total. The summed E-state index contributed by atoms with van der Waals surface area (Å²) in [5.41, 5.74) is 2.19. The standard InChI is InChI=1S/C17H16N2O2S/c1-20-15-9-7-14(8-10-15)17-18-16(19-21-17)12-22-11-13-5-3-2-4-6-13/h2-10H,11-12H2,1H3. The third-order valence-electron chi connectivity index (χ3n) is 3.15. The van der Waals surface area contributed by atoms with Gasteiger partial charge in [0.25, 0.3) is 5.89 Å². The Bertz CT molecular complexity index is 711. The molecule has 3 aromatic rings. The molecule has 22 heavy (non-hydrogen) atoms. The highest BCUT2D eigenvalue weighted by molar-refractivity contribution is 7.97. The number of thioether (sulfide) groups is 1. The van der Waals surface area contributed by atoms with E-state index in [0.717, 1.165) is 22.8 Å². The Labute approximate surface area is 133 Å². The molecule has 0 radical (unpaired) electrons. The first-order valence-corrected chi connectivity index (χ1v) is 8.09. The van der Waals surface area contributed by atoms with Crippen molar-refractivity contribution >= 4 is 11.8 Å². The second kappa shape index (κ2) is 7.13. The van der Waals surface area contributed by atoms with E-state index < -0.39 is 0 Å². The minimum atomic E-state index is 0.540. The number of ether oxygens (including phenoxy) is 1. The molecule has 2 aromatic carbocycles. The lowest BCUT2D eigenvalue weighted by Crippen LogP contribution is -1.86. The van der Waals surface area contributed by atoms with E-state index in [2.05, 4.69) is 22.3 Å². The van der Waals surface area contributed by atoms with E-state index >= 15 is 0 Å². The van der Waals surface area contributed by atoms with Crippen LogP contribution in [-0.4, -0.2) is 17.3 Å². The van der Waals surface area contributed by atoms with Crippen molar-refractivity contribution in [2.75, 3.05) is 7.11 Å². The van der Waals surface area contributed by atoms with Gasteiger partial charge in [0.05, 0.1) is 12.9 Å². The van der Waals surface area contributed by atoms with Crippen molar-refractivity contribution in [2.45, 2.75) is 11.5 Å². The third-order valence-corrected chi connectivity index (χ3v) is 4.15. The molecule has 5 heteroatoms. The van der Waals surface area contributed by atoms with Gasteiger partial charge in [-0.15, -0.1) is 11.8 Å². The number of methoxy groups -OCH3 is 1. The highest BCUT2D eigenvalue weighted by atomic mass is 32.2. The summed E-state index contributed by atoms with van der Waals surface area (Å²) in [6.45, 7) is 0. The zero-order chi connectivity index (χ0) is 15.2. The molecule has 0 spiro atoms. The van der Waals surface area contributed by atoms with E-state index in [4.69, 9.17) is 9.26 Å². The molecule has 112 valence electrons. The Morgan fingerprint density at radius 3 is 2.50 bits per heavy atom. The van der Waals surface area contributed by atoms with Crippen molar-refractivity contribution in [3.8, 4) is 17.2 Å². The summed E-state index contributed by atoms with van der Waals surface area (Å²) in [4.78, 5) is 4.43. The quantitative estimate of drug-likeness (QED) is 0.683. The molecule has 0 amide bonds. The Morgan fingerprint density at radius 1 is 1.00 bits per heavy atom. The van der Waals surface area contributed by atoms with Crippen molar-refractivity contribution in [1.82, 2.24) is 10.1 Å². The third kappa shape index (κ3) is 3.68. The molecule has 0 atom stereocenters. The number of aromatic nitrogens is 2. The highest BCUT2D eigenvalue weighted by Crippen LogP contribution is 2.22. The van der Waals surface area contributed by atoms with E-state index in [9.17, 15) is 0 Å². The fourth-order valence-electron chi connectivity index (χ4n) is 2.00. The molecular weight excluding hydrogens is 296 g/mol. The Morgan fingerprint density at radius 2 is 1.77 bits per heavy atom. The SMILES string of the molecule is COc1ccc(-c2nc(CSCc3ccccc3)no2)cc1. The summed E-state index contributed by atoms with van der Waals surface area (Å²) in [7, 11) is 1.64. The predicted octanol–water partition coefficient (Wildman–Crippen LogP) is 4.18. The van der Waals surface area contributed by atoms with Gasteiger partial charge in [0.2, 0.25) is 0 Å². The Kier molecular flexibility index (Phi) is 4.75. The fraction of sp³-hybridized carbons (Fsp3) is 0.176. The molecule has 1 aromatic heterocycles. The van der Waals surface area contributed by atoms with Crippen molar-refractivity contribution in [1.29, 1.82) is 0 Å². The zero-order valence-corrected chi connectivity index (χ0v) is 13.0. The van der Waals surface area contributed by atoms with Crippen LogP contribution in [0.15, 0.2) is 59.1 Å². The van der Waals surface area contributed by atoms with Crippen molar-refractivity contribution in [3.05, 3.63) is 66.0 Å². The van der Waals surface area contributed by atoms with Gasteiger partial charge in [-0.1, -0.05) is 35.5 Å². The van der Waals surface area contributed by atoms with Crippen molar-refractivity contribution in [2.24, 2.45) is 0 Å². The van der Waals surface area contributed by atoms with Gasteiger partial charge in [0.15, 0.2) is 5.82 Å². The maximum atomic E-state index is 5.31. The van der Waals surface area contributed by atoms with Crippen LogP contribution in [-0.2, 0) is 11.5 Å². The molecule has 0 aliphatic heterocycles. The lowest BCUT2D eigenvalue weighted by atomic mass is 10.2. The average Bonchev–Trinajstić information content (AvgIpc) is 3.05. The summed E-state index contributed by atoms with van der Waals surface area (Å²) >= 11 is 1.77. The van der Waals surface area contributed by atoms with Gasteiger partial charge in [0.1, 0.15) is 5.75 Å². The predicted molar refractivity (Wildman–Crippen MR) is 87.7 cm³/mol. The van der Waals surface area contributed by atoms with E-state index in [1.54, 1.807) is 18.9 Å². The maximum absolute atomic E-state index is 5.31. The first-order chi connectivity index (χ1) is 10.8. The zero-order valence-electron chi connectivity index (χ0n) is 12.2. The fourth-order valence-corrected chi connectivity index (χ4v) is 2.83. The second-order valence-electron chi connectivity index (χ2n) is 4.72. The minimum Gasteiger partial charge on any atom is -0.497 e. The van der Waals surface area contributed by atoms with Crippen molar-refractivity contribution < 1.29 is 9.26 Å². The largest absolute Gasteiger partial charge is 0.497 e. The highest BCUT2D eigenvalue weighted by Gasteiger charge is 2.09. The average molecular weight is 312 g/mol. The smallest absolute Gasteiger partial charge is 0.257 e. The summed E-state index contributed by atoms with van der Waals surface area (Å²) in [5, 5.41) is 4.03. The first kappa shape index (κ1) is 14.7. The van der Waals surface area contributed by atoms with E-state index in [1.165, 1.54) is 5.56 Å². The van der Waals surface area contributed by atoms with Crippen LogP contribution in [0.3, 0.4) is 0 Å². The lowest BCUT2D eigenvalue weighted by Gasteiger charge is -1.99. The Balaban J connectivity index is 1.58. The molecule has 4 nitrogen and oxygen atoms in total. The molecule has 0 aliphatic carbocycles. The number of hydrogen-bond donors (Lipinski definition) is 0. The van der Waals surface area contributed by atoms with Crippen LogP contribution < -0.4 is 4.74 Å². The number of rotatable bonds is 6. The van der Waals surface area contributed by atoms with E-state index in [0.29, 0.717) is 11.7 Å². The van der Waals surface area contributed by atoms with Crippen LogP contribution in [0, 0.1) is 0 Å². The summed E-state index contributed by atoms with van der Waals surface area (Å²) < 4.78 is 10.4. The molecule has 0 unspecified atom stereocenters. The normalized spacial score (nSPS) is 10.6. The molecule has 1 heterocycles. The van der Waals surface area contributed by atoms with Gasteiger partial charge >= 0.3 is 0 Å². The Hall–Kier alpha value is -2.27. The first-order valence-electron chi connectivity index (χ1n) is 6.94. The lowest BCUT2D eigenvalue weighted by molar-refractivity contribution is 0.414. The molecular formula is C17H16N2O2S. The van der Waals surface area contributed by atoms with Gasteiger partial charge in [-0.2, -0.15) is 4.98 Å². The maximum Gasteiger partial charge on any atom is 0.257 e. The van der Waals surface area contributed by atoms with E-state index in [1.807, 2.05) is 42.5 Å². The molecule has 0 bridgehead atoms. The molecule has 3 rings (SSSR count). The monoisotopic (exact) mass is 312 g/mol. The van der Waals surface area contributed by atoms with Gasteiger partial charge in [-0.3, -0.25) is 0 Å². The number of hydrogen-bond acceptors (Lipinski definition) is 5. The number of nitrogens with zero attached hydrogens (tertiary/aromatic N) is 2. The minimum absolute atomic E-state index is 0.540. The summed E-state index contributed by atoms with van der Waals surface area (Å²) in [6.07, 6.45) is 0. The topological polar surface area (TPSA) is 48.2 Å². The molecule has 0 aliphatic rings. The molecule has 0 saturated carbocycles. The van der Waals surface area contributed by atoms with Gasteiger partial charge in [0, 0.05) is 11.3 Å².